The highest BCUT2D eigenvalue weighted by Crippen LogP contribution is 2.25. The number of aromatic amines is 1. The van der Waals surface area contributed by atoms with Gasteiger partial charge in [-0.15, -0.1) is 0 Å². The minimum absolute atomic E-state index is 0.0510. The van der Waals surface area contributed by atoms with Gasteiger partial charge in [0.25, 0.3) is 11.3 Å². The van der Waals surface area contributed by atoms with Crippen molar-refractivity contribution in [2.45, 2.75) is 44.1 Å². The summed E-state index contributed by atoms with van der Waals surface area (Å²) in [5.74, 6) is -2.30. The second-order valence-electron chi connectivity index (χ2n) is 6.54. The molecule has 2 aromatic heterocycles. The first-order valence-electron chi connectivity index (χ1n) is 9.17. The minimum Gasteiger partial charge on any atom is -0.356 e. The number of amides is 1. The standard InChI is InChI=1S/C20H20F2N4O3S/c1-11-15(26-29-17(11)13-6-4-3-5-7-13)10-23-16(27)9-8-14-12(2)24-20(25-18(14)28)30-19(21)22/h3-7,19H,8-10H2,1-2H3,(H,23,27)(H,24,25,28). The quantitative estimate of drug-likeness (QED) is 0.415. The molecule has 0 saturated heterocycles. The van der Waals surface area contributed by atoms with E-state index in [2.05, 4.69) is 20.4 Å². The van der Waals surface area contributed by atoms with Gasteiger partial charge in [0.2, 0.25) is 5.91 Å². The number of hydrogen-bond donors (Lipinski definition) is 2. The van der Waals surface area contributed by atoms with Crippen molar-refractivity contribution in [2.24, 2.45) is 0 Å². The summed E-state index contributed by atoms with van der Waals surface area (Å²) in [6, 6.07) is 9.53. The van der Waals surface area contributed by atoms with Gasteiger partial charge in [0.1, 0.15) is 5.69 Å². The predicted molar refractivity (Wildman–Crippen MR) is 108 cm³/mol. The molecule has 1 aromatic carbocycles. The molecule has 0 aliphatic rings. The molecule has 3 aromatic rings. The molecule has 0 radical (unpaired) electrons. The third kappa shape index (κ3) is 5.32. The van der Waals surface area contributed by atoms with E-state index >= 15 is 0 Å². The van der Waals surface area contributed by atoms with E-state index in [0.717, 1.165) is 11.1 Å². The molecule has 0 fully saturated rings. The van der Waals surface area contributed by atoms with Crippen LogP contribution in [0.25, 0.3) is 11.3 Å². The van der Waals surface area contributed by atoms with Crippen LogP contribution in [0.2, 0.25) is 0 Å². The van der Waals surface area contributed by atoms with E-state index in [-0.39, 0.29) is 42.2 Å². The lowest BCUT2D eigenvalue weighted by atomic mass is 10.1. The lowest BCUT2D eigenvalue weighted by Crippen LogP contribution is -2.25. The SMILES string of the molecule is Cc1nc(SC(F)F)[nH]c(=O)c1CCC(=O)NCc1noc(-c2ccccc2)c1C. The summed E-state index contributed by atoms with van der Waals surface area (Å²) in [6.07, 6.45) is 0.196. The lowest BCUT2D eigenvalue weighted by molar-refractivity contribution is -0.121. The molecule has 0 spiro atoms. The van der Waals surface area contributed by atoms with Crippen molar-refractivity contribution in [3.63, 3.8) is 0 Å². The maximum absolute atomic E-state index is 12.4. The molecule has 7 nitrogen and oxygen atoms in total. The number of thioether (sulfide) groups is 1. The maximum atomic E-state index is 12.4. The van der Waals surface area contributed by atoms with Crippen LogP contribution in [-0.4, -0.2) is 26.8 Å². The van der Waals surface area contributed by atoms with Gasteiger partial charge < -0.3 is 14.8 Å². The van der Waals surface area contributed by atoms with Gasteiger partial charge in [-0.05, 0) is 32.0 Å². The van der Waals surface area contributed by atoms with Crippen molar-refractivity contribution in [3.05, 3.63) is 63.2 Å². The van der Waals surface area contributed by atoms with Gasteiger partial charge in [-0.2, -0.15) is 8.78 Å². The molecule has 2 N–H and O–H groups in total. The normalized spacial score (nSPS) is 11.1. The number of nitrogens with zero attached hydrogens (tertiary/aromatic N) is 2. The molecule has 10 heteroatoms. The number of alkyl halides is 2. The Hall–Kier alpha value is -3.01. The molecule has 0 aliphatic carbocycles. The molecule has 0 saturated carbocycles. The summed E-state index contributed by atoms with van der Waals surface area (Å²) in [6.45, 7) is 3.62. The molecule has 0 aliphatic heterocycles. The number of H-pyrrole nitrogens is 1. The zero-order chi connectivity index (χ0) is 21.7. The van der Waals surface area contributed by atoms with Crippen LogP contribution in [-0.2, 0) is 17.8 Å². The summed E-state index contributed by atoms with van der Waals surface area (Å²) < 4.78 is 30.3. The minimum atomic E-state index is -2.67. The fraction of sp³-hybridized carbons (Fsp3) is 0.300. The number of rotatable bonds is 8. The Balaban J connectivity index is 1.57. The number of aromatic nitrogens is 3. The third-order valence-electron chi connectivity index (χ3n) is 4.51. The van der Waals surface area contributed by atoms with Gasteiger partial charge in [-0.3, -0.25) is 9.59 Å². The number of carbonyl (C=O) groups excluding carboxylic acids is 1. The Morgan fingerprint density at radius 2 is 2.00 bits per heavy atom. The Kier molecular flexibility index (Phi) is 6.99. The predicted octanol–water partition coefficient (Wildman–Crippen LogP) is 3.61. The Bertz CT molecular complexity index is 1080. The van der Waals surface area contributed by atoms with Gasteiger partial charge in [-0.1, -0.05) is 35.5 Å². The molecule has 3 rings (SSSR count). The van der Waals surface area contributed by atoms with E-state index in [0.29, 0.717) is 22.7 Å². The molecule has 2 heterocycles. The molecule has 30 heavy (non-hydrogen) atoms. The topological polar surface area (TPSA) is 101 Å². The van der Waals surface area contributed by atoms with E-state index in [4.69, 9.17) is 4.52 Å². The van der Waals surface area contributed by atoms with Crippen LogP contribution in [0.5, 0.6) is 0 Å². The second-order valence-corrected chi connectivity index (χ2v) is 7.52. The first-order valence-corrected chi connectivity index (χ1v) is 10.0. The van der Waals surface area contributed by atoms with Gasteiger partial charge in [-0.25, -0.2) is 4.98 Å². The van der Waals surface area contributed by atoms with Crippen LogP contribution >= 0.6 is 11.8 Å². The summed E-state index contributed by atoms with van der Waals surface area (Å²) in [7, 11) is 0. The number of carbonyl (C=O) groups is 1. The zero-order valence-electron chi connectivity index (χ0n) is 16.4. The van der Waals surface area contributed by atoms with Crippen molar-refractivity contribution >= 4 is 17.7 Å². The van der Waals surface area contributed by atoms with Crippen molar-refractivity contribution in [2.75, 3.05) is 0 Å². The van der Waals surface area contributed by atoms with Crippen molar-refractivity contribution in [1.82, 2.24) is 20.4 Å². The molecule has 158 valence electrons. The molecule has 0 bridgehead atoms. The van der Waals surface area contributed by atoms with Gasteiger partial charge >= 0.3 is 0 Å². The highest BCUT2D eigenvalue weighted by atomic mass is 32.2. The molecular weight excluding hydrogens is 414 g/mol. The smallest absolute Gasteiger partial charge is 0.291 e. The summed E-state index contributed by atoms with van der Waals surface area (Å²) in [5.41, 5.74) is 2.47. The van der Waals surface area contributed by atoms with Crippen molar-refractivity contribution in [3.8, 4) is 11.3 Å². The van der Waals surface area contributed by atoms with Crippen LogP contribution < -0.4 is 10.9 Å². The van der Waals surface area contributed by atoms with Crippen LogP contribution in [0, 0.1) is 13.8 Å². The number of benzene rings is 1. The number of nitrogens with one attached hydrogen (secondary N) is 2. The lowest BCUT2D eigenvalue weighted by Gasteiger charge is -2.07. The van der Waals surface area contributed by atoms with E-state index < -0.39 is 11.3 Å². The highest BCUT2D eigenvalue weighted by Gasteiger charge is 2.16. The van der Waals surface area contributed by atoms with E-state index in [9.17, 15) is 18.4 Å². The average Bonchev–Trinajstić information content (AvgIpc) is 3.06. The second kappa shape index (κ2) is 9.66. The maximum Gasteiger partial charge on any atom is 0.291 e. The molecular formula is C20H20F2N4O3S. The monoisotopic (exact) mass is 434 g/mol. The van der Waals surface area contributed by atoms with E-state index in [1.165, 1.54) is 0 Å². The fourth-order valence-corrected chi connectivity index (χ4v) is 3.43. The van der Waals surface area contributed by atoms with Crippen LogP contribution in [0.3, 0.4) is 0 Å². The van der Waals surface area contributed by atoms with Gasteiger partial charge in [0.15, 0.2) is 10.9 Å². The summed E-state index contributed by atoms with van der Waals surface area (Å²) in [4.78, 5) is 30.6. The third-order valence-corrected chi connectivity index (χ3v) is 5.11. The summed E-state index contributed by atoms with van der Waals surface area (Å²) in [5, 5.41) is 6.64. The Labute approximate surface area is 175 Å². The van der Waals surface area contributed by atoms with Gasteiger partial charge in [0, 0.05) is 28.8 Å². The first-order chi connectivity index (χ1) is 14.3. The van der Waals surface area contributed by atoms with Crippen LogP contribution in [0.4, 0.5) is 8.78 Å². The highest BCUT2D eigenvalue weighted by molar-refractivity contribution is 7.99. The zero-order valence-corrected chi connectivity index (χ0v) is 17.2. The largest absolute Gasteiger partial charge is 0.356 e. The van der Waals surface area contributed by atoms with Crippen LogP contribution in [0.15, 0.2) is 44.8 Å². The number of halogens is 2. The fourth-order valence-electron chi connectivity index (χ4n) is 2.92. The first kappa shape index (κ1) is 21.7. The van der Waals surface area contributed by atoms with E-state index in [1.54, 1.807) is 6.92 Å². The Morgan fingerprint density at radius 3 is 2.67 bits per heavy atom. The van der Waals surface area contributed by atoms with Crippen molar-refractivity contribution < 1.29 is 18.1 Å². The number of hydrogen-bond acceptors (Lipinski definition) is 6. The average molecular weight is 434 g/mol. The molecule has 0 unspecified atom stereocenters. The van der Waals surface area contributed by atoms with Gasteiger partial charge in [0.05, 0.1) is 6.54 Å². The number of aryl methyl sites for hydroxylation is 1. The Morgan fingerprint density at radius 1 is 1.27 bits per heavy atom. The molecule has 1 amide bonds. The van der Waals surface area contributed by atoms with E-state index in [1.807, 2.05) is 37.3 Å². The van der Waals surface area contributed by atoms with Crippen LogP contribution in [0.1, 0.15) is 28.9 Å². The van der Waals surface area contributed by atoms with Crippen molar-refractivity contribution in [1.29, 1.82) is 0 Å². The summed E-state index contributed by atoms with van der Waals surface area (Å²) >= 11 is 0.172. The molecule has 0 atom stereocenters.